The van der Waals surface area contributed by atoms with Crippen LogP contribution in [0, 0.1) is 6.92 Å². The number of nitrogens with zero attached hydrogens (tertiary/aromatic N) is 4. The highest BCUT2D eigenvalue weighted by Gasteiger charge is 2.12. The van der Waals surface area contributed by atoms with Gasteiger partial charge in [-0.05, 0) is 19.1 Å². The number of rotatable bonds is 4. The molecule has 22 heavy (non-hydrogen) atoms. The van der Waals surface area contributed by atoms with Gasteiger partial charge in [0.15, 0.2) is 0 Å². The maximum atomic E-state index is 12.2. The third-order valence-electron chi connectivity index (χ3n) is 3.39. The number of hydrogen-bond acceptors (Lipinski definition) is 5. The molecule has 0 fully saturated rings. The number of fused-ring (bicyclic) bond motifs is 1. The van der Waals surface area contributed by atoms with Crippen molar-refractivity contribution in [2.24, 2.45) is 7.05 Å². The molecule has 0 radical (unpaired) electrons. The van der Waals surface area contributed by atoms with Crippen molar-refractivity contribution in [3.05, 3.63) is 39.8 Å². The number of benzene rings is 1. The minimum absolute atomic E-state index is 0.124. The maximum Gasteiger partial charge on any atom is 0.328 e. The van der Waals surface area contributed by atoms with Crippen LogP contribution >= 0.6 is 11.3 Å². The molecule has 0 atom stereocenters. The van der Waals surface area contributed by atoms with Crippen molar-refractivity contribution in [1.29, 1.82) is 0 Å². The number of para-hydroxylation sites is 2. The van der Waals surface area contributed by atoms with Crippen molar-refractivity contribution in [2.45, 2.75) is 19.9 Å². The normalized spacial score (nSPS) is 11.0. The van der Waals surface area contributed by atoms with Gasteiger partial charge >= 0.3 is 5.69 Å². The fourth-order valence-electron chi connectivity index (χ4n) is 2.32. The summed E-state index contributed by atoms with van der Waals surface area (Å²) in [6.07, 6.45) is 0.201. The second-order valence-electron chi connectivity index (χ2n) is 4.91. The van der Waals surface area contributed by atoms with Gasteiger partial charge in [-0.15, -0.1) is 10.2 Å². The minimum Gasteiger partial charge on any atom is -0.300 e. The van der Waals surface area contributed by atoms with Crippen LogP contribution in [-0.4, -0.2) is 25.2 Å². The van der Waals surface area contributed by atoms with Gasteiger partial charge in [-0.25, -0.2) is 4.79 Å². The highest BCUT2D eigenvalue weighted by atomic mass is 32.1. The van der Waals surface area contributed by atoms with Crippen LogP contribution in [0.4, 0.5) is 5.13 Å². The van der Waals surface area contributed by atoms with Crippen molar-refractivity contribution < 1.29 is 4.79 Å². The Morgan fingerprint density at radius 1 is 1.27 bits per heavy atom. The van der Waals surface area contributed by atoms with E-state index in [9.17, 15) is 9.59 Å². The highest BCUT2D eigenvalue weighted by molar-refractivity contribution is 7.15. The van der Waals surface area contributed by atoms with E-state index in [-0.39, 0.29) is 18.0 Å². The lowest BCUT2D eigenvalue weighted by molar-refractivity contribution is -0.116. The average molecular weight is 317 g/mol. The Labute approximate surface area is 130 Å². The topological polar surface area (TPSA) is 81.8 Å². The summed E-state index contributed by atoms with van der Waals surface area (Å²) in [6.45, 7) is 2.15. The van der Waals surface area contributed by atoms with Crippen LogP contribution in [0.25, 0.3) is 11.0 Å². The third-order valence-corrected chi connectivity index (χ3v) is 4.14. The molecule has 1 aromatic carbocycles. The Balaban J connectivity index is 1.75. The molecule has 2 heterocycles. The minimum atomic E-state index is -0.184. The van der Waals surface area contributed by atoms with E-state index >= 15 is 0 Å². The van der Waals surface area contributed by atoms with E-state index in [1.807, 2.05) is 31.2 Å². The molecular weight excluding hydrogens is 302 g/mol. The van der Waals surface area contributed by atoms with Crippen LogP contribution in [0.15, 0.2) is 29.1 Å². The number of carbonyl (C=O) groups excluding carboxylic acids is 1. The number of aryl methyl sites for hydroxylation is 3. The first-order valence-electron chi connectivity index (χ1n) is 6.80. The van der Waals surface area contributed by atoms with Crippen molar-refractivity contribution in [3.63, 3.8) is 0 Å². The second kappa shape index (κ2) is 5.72. The zero-order chi connectivity index (χ0) is 15.7. The van der Waals surface area contributed by atoms with Crippen LogP contribution in [0.3, 0.4) is 0 Å². The van der Waals surface area contributed by atoms with Gasteiger partial charge in [0.1, 0.15) is 5.01 Å². The van der Waals surface area contributed by atoms with Crippen molar-refractivity contribution in [2.75, 3.05) is 5.32 Å². The monoisotopic (exact) mass is 317 g/mol. The molecular formula is C14H15N5O2S. The Bertz CT molecular complexity index is 892. The van der Waals surface area contributed by atoms with Gasteiger partial charge in [-0.3, -0.25) is 13.9 Å². The largest absolute Gasteiger partial charge is 0.328 e. The number of anilines is 1. The lowest BCUT2D eigenvalue weighted by Gasteiger charge is -2.03. The van der Waals surface area contributed by atoms with Crippen LogP contribution in [-0.2, 0) is 18.4 Å². The summed E-state index contributed by atoms with van der Waals surface area (Å²) < 4.78 is 3.20. The Morgan fingerprint density at radius 2 is 2.00 bits per heavy atom. The van der Waals surface area contributed by atoms with E-state index in [0.29, 0.717) is 11.7 Å². The van der Waals surface area contributed by atoms with E-state index in [4.69, 9.17) is 0 Å². The van der Waals surface area contributed by atoms with Gasteiger partial charge < -0.3 is 5.32 Å². The quantitative estimate of drug-likeness (QED) is 0.791. The zero-order valence-electron chi connectivity index (χ0n) is 12.2. The fraction of sp³-hybridized carbons (Fsp3) is 0.286. The third kappa shape index (κ3) is 2.64. The molecule has 0 spiro atoms. The molecule has 114 valence electrons. The summed E-state index contributed by atoms with van der Waals surface area (Å²) in [7, 11) is 1.73. The van der Waals surface area contributed by atoms with E-state index in [0.717, 1.165) is 16.0 Å². The Kier molecular flexibility index (Phi) is 3.76. The summed E-state index contributed by atoms with van der Waals surface area (Å²) in [5, 5.41) is 11.7. The van der Waals surface area contributed by atoms with Crippen molar-refractivity contribution >= 4 is 33.4 Å². The van der Waals surface area contributed by atoms with E-state index in [1.54, 1.807) is 16.2 Å². The molecule has 0 aliphatic carbocycles. The molecule has 0 bridgehead atoms. The smallest absolute Gasteiger partial charge is 0.300 e. The van der Waals surface area contributed by atoms with Crippen LogP contribution < -0.4 is 11.0 Å². The molecule has 0 unspecified atom stereocenters. The lowest BCUT2D eigenvalue weighted by atomic mass is 10.3. The molecule has 1 amide bonds. The highest BCUT2D eigenvalue weighted by Crippen LogP contribution is 2.15. The number of aromatic nitrogens is 4. The fourth-order valence-corrected chi connectivity index (χ4v) is 2.93. The number of carbonyl (C=O) groups is 1. The first kappa shape index (κ1) is 14.5. The van der Waals surface area contributed by atoms with E-state index in [1.165, 1.54) is 11.3 Å². The second-order valence-corrected chi connectivity index (χ2v) is 6.09. The van der Waals surface area contributed by atoms with Crippen LogP contribution in [0.2, 0.25) is 0 Å². The maximum absolute atomic E-state index is 12.2. The summed E-state index contributed by atoms with van der Waals surface area (Å²) >= 11 is 1.32. The summed E-state index contributed by atoms with van der Waals surface area (Å²) in [4.78, 5) is 24.2. The first-order valence-corrected chi connectivity index (χ1v) is 7.62. The van der Waals surface area contributed by atoms with Gasteiger partial charge in [-0.1, -0.05) is 23.5 Å². The zero-order valence-corrected chi connectivity index (χ0v) is 13.1. The lowest BCUT2D eigenvalue weighted by Crippen LogP contribution is -2.24. The molecule has 2 aromatic heterocycles. The van der Waals surface area contributed by atoms with E-state index in [2.05, 4.69) is 15.5 Å². The van der Waals surface area contributed by atoms with Gasteiger partial charge in [0.05, 0.1) is 11.0 Å². The van der Waals surface area contributed by atoms with Crippen molar-refractivity contribution in [3.8, 4) is 0 Å². The van der Waals surface area contributed by atoms with Gasteiger partial charge in [-0.2, -0.15) is 0 Å². The number of imidazole rings is 1. The molecule has 0 saturated heterocycles. The molecule has 0 aliphatic heterocycles. The molecule has 0 saturated carbocycles. The van der Waals surface area contributed by atoms with Crippen LogP contribution in [0.5, 0.6) is 0 Å². The van der Waals surface area contributed by atoms with Crippen molar-refractivity contribution in [1.82, 2.24) is 19.3 Å². The number of amides is 1. The van der Waals surface area contributed by atoms with E-state index < -0.39 is 0 Å². The molecule has 0 aliphatic rings. The predicted molar refractivity (Wildman–Crippen MR) is 85.1 cm³/mol. The molecule has 3 rings (SSSR count). The number of nitrogens with one attached hydrogen (secondary N) is 1. The molecule has 3 aromatic rings. The van der Waals surface area contributed by atoms with Gasteiger partial charge in [0, 0.05) is 20.0 Å². The molecule has 7 nitrogen and oxygen atoms in total. The first-order chi connectivity index (χ1) is 10.6. The van der Waals surface area contributed by atoms with Gasteiger partial charge in [0.25, 0.3) is 0 Å². The predicted octanol–water partition coefficient (Wildman–Crippen LogP) is 1.53. The summed E-state index contributed by atoms with van der Waals surface area (Å²) in [5.41, 5.74) is 1.56. The van der Waals surface area contributed by atoms with Gasteiger partial charge in [0.2, 0.25) is 11.0 Å². The Morgan fingerprint density at radius 3 is 2.68 bits per heavy atom. The standard InChI is InChI=1S/C14H15N5O2S/c1-9-16-17-13(22-9)15-12(20)7-8-19-11-6-4-3-5-10(11)18(2)14(19)21/h3-6H,7-8H2,1-2H3,(H,15,17,20). The SMILES string of the molecule is Cc1nnc(NC(=O)CCn2c(=O)n(C)c3ccccc32)s1. The summed E-state index contributed by atoms with van der Waals surface area (Å²) in [5.74, 6) is -0.184. The Hall–Kier alpha value is -2.48. The number of hydrogen-bond donors (Lipinski definition) is 1. The average Bonchev–Trinajstić information content (AvgIpc) is 3.01. The molecule has 1 N–H and O–H groups in total. The van der Waals surface area contributed by atoms with Crippen LogP contribution in [0.1, 0.15) is 11.4 Å². The summed E-state index contributed by atoms with van der Waals surface area (Å²) in [6, 6.07) is 7.53. The molecule has 8 heteroatoms.